The Hall–Kier alpha value is -3.10. The van der Waals surface area contributed by atoms with Crippen molar-refractivity contribution in [1.82, 2.24) is 14.5 Å². The van der Waals surface area contributed by atoms with Crippen LogP contribution in [0.15, 0.2) is 68.7 Å². The third-order valence-electron chi connectivity index (χ3n) is 5.18. The zero-order valence-corrected chi connectivity index (χ0v) is 19.4. The van der Waals surface area contributed by atoms with Crippen LogP contribution in [-0.4, -0.2) is 31.0 Å². The maximum Gasteiger partial charge on any atom is 0.147 e. The van der Waals surface area contributed by atoms with Crippen LogP contribution < -0.4 is 0 Å². The fourth-order valence-corrected chi connectivity index (χ4v) is 4.64. The number of rotatable bonds is 3. The summed E-state index contributed by atoms with van der Waals surface area (Å²) in [7, 11) is 2.03. The Morgan fingerprint density at radius 1 is 1.03 bits per heavy atom. The molecule has 6 nitrogen and oxygen atoms in total. The van der Waals surface area contributed by atoms with E-state index in [2.05, 4.69) is 70.7 Å². The number of aromatic nitrogens is 3. The minimum atomic E-state index is -0.0783. The van der Waals surface area contributed by atoms with E-state index in [-0.39, 0.29) is 16.0 Å². The van der Waals surface area contributed by atoms with Gasteiger partial charge in [-0.1, -0.05) is 12.1 Å². The monoisotopic (exact) mass is 538 g/mol. The molecule has 2 aromatic heterocycles. The first-order valence-corrected chi connectivity index (χ1v) is 11.0. The maximum atomic E-state index is 10.2. The Morgan fingerprint density at radius 3 is 2.71 bits per heavy atom. The van der Waals surface area contributed by atoms with Crippen molar-refractivity contribution in [3.8, 4) is 22.9 Å². The molecule has 0 saturated heterocycles. The van der Waals surface area contributed by atoms with Crippen LogP contribution in [0.1, 0.15) is 5.56 Å². The molecule has 0 unspecified atom stereocenters. The van der Waals surface area contributed by atoms with Crippen LogP contribution in [0.25, 0.3) is 33.3 Å². The lowest BCUT2D eigenvalue weighted by Gasteiger charge is -2.06. The van der Waals surface area contributed by atoms with Gasteiger partial charge in [-0.15, -0.1) is 0 Å². The van der Waals surface area contributed by atoms with Gasteiger partial charge < -0.3 is 19.8 Å². The highest BCUT2D eigenvalue weighted by atomic mass is 79.9. The molecule has 31 heavy (non-hydrogen) atoms. The summed E-state index contributed by atoms with van der Waals surface area (Å²) in [6, 6.07) is 15.6. The molecule has 0 radical (unpaired) electrons. The van der Waals surface area contributed by atoms with Gasteiger partial charge >= 0.3 is 0 Å². The Kier molecular flexibility index (Phi) is 4.83. The third-order valence-corrected chi connectivity index (χ3v) is 6.53. The molecule has 3 N–H and O–H groups in total. The Balaban J connectivity index is 1.50. The topological polar surface area (TPSA) is 86.4 Å². The number of aryl methyl sites for hydroxylation is 1. The number of aromatic hydroxyl groups is 2. The van der Waals surface area contributed by atoms with Crippen molar-refractivity contribution < 1.29 is 10.2 Å². The van der Waals surface area contributed by atoms with Gasteiger partial charge in [-0.3, -0.25) is 4.99 Å². The van der Waals surface area contributed by atoms with Crippen molar-refractivity contribution in [3.05, 3.63) is 69.2 Å². The fourth-order valence-electron chi connectivity index (χ4n) is 3.48. The molecule has 0 spiro atoms. The molecule has 0 aliphatic carbocycles. The molecule has 154 valence electrons. The number of fused-ring (bicyclic) bond motifs is 2. The van der Waals surface area contributed by atoms with Gasteiger partial charge in [0.15, 0.2) is 0 Å². The predicted molar refractivity (Wildman–Crippen MR) is 130 cm³/mol. The van der Waals surface area contributed by atoms with E-state index in [4.69, 9.17) is 4.98 Å². The summed E-state index contributed by atoms with van der Waals surface area (Å²) >= 11 is 6.44. The van der Waals surface area contributed by atoms with Gasteiger partial charge in [-0.25, -0.2) is 4.98 Å². The molecule has 0 aliphatic rings. The van der Waals surface area contributed by atoms with Crippen molar-refractivity contribution in [1.29, 1.82) is 0 Å². The lowest BCUT2D eigenvalue weighted by molar-refractivity contribution is 0.442. The minimum Gasteiger partial charge on any atom is -0.506 e. The molecule has 0 saturated carbocycles. The molecule has 0 atom stereocenters. The predicted octanol–water partition coefficient (Wildman–Crippen LogP) is 6.41. The molecule has 0 bridgehead atoms. The molecule has 8 heteroatoms. The number of nitrogens with one attached hydrogen (secondary N) is 1. The van der Waals surface area contributed by atoms with Gasteiger partial charge in [-0.05, 0) is 73.6 Å². The molecule has 5 aromatic rings. The first-order chi connectivity index (χ1) is 14.9. The smallest absolute Gasteiger partial charge is 0.147 e. The summed E-state index contributed by atoms with van der Waals surface area (Å²) in [5, 5.41) is 21.3. The standard InChI is InChI=1S/C23H16Br2N4O2/c1-29-7-6-12-2-3-13(9-19(12)29)23-27-17-5-4-15(10-18(17)28-23)26-11-14-8-16(24)22(31)20(25)21(14)30/h2-11,30-31H,1H3,(H,27,28). The molecule has 3 aromatic carbocycles. The lowest BCUT2D eigenvalue weighted by Crippen LogP contribution is -1.86. The van der Waals surface area contributed by atoms with Gasteiger partial charge in [0, 0.05) is 36.1 Å². The quantitative estimate of drug-likeness (QED) is 0.231. The minimum absolute atomic E-state index is 0.0606. The summed E-state index contributed by atoms with van der Waals surface area (Å²) < 4.78 is 2.76. The van der Waals surface area contributed by atoms with E-state index in [1.807, 2.05) is 31.4 Å². The number of nitrogens with zero attached hydrogens (tertiary/aromatic N) is 3. The number of H-pyrrole nitrogens is 1. The molecule has 0 fully saturated rings. The zero-order chi connectivity index (χ0) is 21.7. The molecule has 0 aliphatic heterocycles. The first kappa shape index (κ1) is 19.8. The van der Waals surface area contributed by atoms with E-state index in [1.54, 1.807) is 12.3 Å². The van der Waals surface area contributed by atoms with Crippen LogP contribution >= 0.6 is 31.9 Å². The number of imidazole rings is 1. The number of aliphatic imine (C=N–C) groups is 1. The summed E-state index contributed by atoms with van der Waals surface area (Å²) in [6.45, 7) is 0. The van der Waals surface area contributed by atoms with E-state index in [0.717, 1.165) is 27.9 Å². The average Bonchev–Trinajstić information content (AvgIpc) is 3.36. The number of phenols is 2. The SMILES string of the molecule is Cn1ccc2ccc(-c3nc4ccc(N=Cc5cc(Br)c(O)c(Br)c5O)cc4[nH]3)cc21. The largest absolute Gasteiger partial charge is 0.506 e. The Labute approximate surface area is 194 Å². The zero-order valence-electron chi connectivity index (χ0n) is 16.3. The van der Waals surface area contributed by atoms with Crippen LogP contribution in [-0.2, 0) is 7.05 Å². The molecule has 5 rings (SSSR count). The molecular weight excluding hydrogens is 524 g/mol. The van der Waals surface area contributed by atoms with Gasteiger partial charge in [0.2, 0.25) is 0 Å². The highest BCUT2D eigenvalue weighted by Crippen LogP contribution is 2.40. The van der Waals surface area contributed by atoms with Crippen LogP contribution in [0.3, 0.4) is 0 Å². The van der Waals surface area contributed by atoms with Crippen LogP contribution in [0.2, 0.25) is 0 Å². The summed E-state index contributed by atoms with van der Waals surface area (Å²) in [5.74, 6) is 0.656. The average molecular weight is 540 g/mol. The number of hydrogen-bond donors (Lipinski definition) is 3. The van der Waals surface area contributed by atoms with Gasteiger partial charge in [-0.2, -0.15) is 0 Å². The number of phenolic OH excluding ortho intramolecular Hbond substituents is 2. The van der Waals surface area contributed by atoms with Crippen molar-refractivity contribution in [2.45, 2.75) is 0 Å². The van der Waals surface area contributed by atoms with Crippen LogP contribution in [0.5, 0.6) is 11.5 Å². The highest BCUT2D eigenvalue weighted by Gasteiger charge is 2.13. The third kappa shape index (κ3) is 3.51. The highest BCUT2D eigenvalue weighted by molar-refractivity contribution is 9.11. The van der Waals surface area contributed by atoms with Crippen molar-refractivity contribution >= 4 is 65.7 Å². The van der Waals surface area contributed by atoms with Crippen LogP contribution in [0, 0.1) is 0 Å². The molecule has 0 amide bonds. The summed E-state index contributed by atoms with van der Waals surface area (Å²) in [4.78, 5) is 12.6. The second kappa shape index (κ2) is 7.55. The Bertz CT molecular complexity index is 1500. The number of hydrogen-bond acceptors (Lipinski definition) is 4. The number of aromatic amines is 1. The maximum absolute atomic E-state index is 10.2. The van der Waals surface area contributed by atoms with Crippen LogP contribution in [0.4, 0.5) is 5.69 Å². The van der Waals surface area contributed by atoms with Crippen molar-refractivity contribution in [2.24, 2.45) is 12.0 Å². The second-order valence-corrected chi connectivity index (χ2v) is 8.85. The van der Waals surface area contributed by atoms with E-state index >= 15 is 0 Å². The molecular formula is C23H16Br2N4O2. The van der Waals surface area contributed by atoms with E-state index < -0.39 is 0 Å². The van der Waals surface area contributed by atoms with Crippen molar-refractivity contribution in [2.75, 3.05) is 0 Å². The Morgan fingerprint density at radius 2 is 1.87 bits per heavy atom. The summed E-state index contributed by atoms with van der Waals surface area (Å²) in [6.07, 6.45) is 3.59. The number of benzene rings is 3. The van der Waals surface area contributed by atoms with E-state index in [1.165, 1.54) is 5.39 Å². The van der Waals surface area contributed by atoms with E-state index in [0.29, 0.717) is 15.7 Å². The second-order valence-electron chi connectivity index (χ2n) is 7.20. The summed E-state index contributed by atoms with van der Waals surface area (Å²) in [5.41, 5.74) is 5.06. The first-order valence-electron chi connectivity index (χ1n) is 9.40. The fraction of sp³-hybridized carbons (Fsp3) is 0.0435. The number of halogens is 2. The van der Waals surface area contributed by atoms with Gasteiger partial charge in [0.05, 0.1) is 21.2 Å². The van der Waals surface area contributed by atoms with Gasteiger partial charge in [0.25, 0.3) is 0 Å². The van der Waals surface area contributed by atoms with Crippen molar-refractivity contribution in [3.63, 3.8) is 0 Å². The van der Waals surface area contributed by atoms with Gasteiger partial charge in [0.1, 0.15) is 21.8 Å². The normalized spacial score (nSPS) is 11.8. The lowest BCUT2D eigenvalue weighted by atomic mass is 10.1. The van der Waals surface area contributed by atoms with E-state index in [9.17, 15) is 10.2 Å². The molecule has 2 heterocycles.